The Morgan fingerprint density at radius 1 is 1.50 bits per heavy atom. The van der Waals surface area contributed by atoms with Crippen molar-refractivity contribution in [2.75, 3.05) is 19.7 Å². The van der Waals surface area contributed by atoms with Crippen LogP contribution in [0.2, 0.25) is 0 Å². The smallest absolute Gasteiger partial charge is 0.108 e. The van der Waals surface area contributed by atoms with E-state index in [4.69, 9.17) is 4.74 Å². The summed E-state index contributed by atoms with van der Waals surface area (Å²) in [5.74, 6) is 1.03. The molecule has 1 aromatic rings. The summed E-state index contributed by atoms with van der Waals surface area (Å²) < 4.78 is 5.65. The molecule has 0 aromatic carbocycles. The summed E-state index contributed by atoms with van der Waals surface area (Å²) in [7, 11) is 0. The van der Waals surface area contributed by atoms with Crippen LogP contribution in [0, 0.1) is 0 Å². The first-order chi connectivity index (χ1) is 7.55. The van der Waals surface area contributed by atoms with Gasteiger partial charge in [-0.1, -0.05) is 20.8 Å². The predicted molar refractivity (Wildman–Crippen MR) is 63.6 cm³/mol. The van der Waals surface area contributed by atoms with Crippen molar-refractivity contribution in [1.82, 2.24) is 15.3 Å². The van der Waals surface area contributed by atoms with Crippen molar-refractivity contribution in [3.05, 3.63) is 17.7 Å². The van der Waals surface area contributed by atoms with Gasteiger partial charge in [-0.05, 0) is 0 Å². The Bertz CT molecular complexity index is 334. The minimum Gasteiger partial charge on any atom is -0.375 e. The summed E-state index contributed by atoms with van der Waals surface area (Å²) in [4.78, 5) is 7.79. The van der Waals surface area contributed by atoms with Crippen LogP contribution in [0.25, 0.3) is 0 Å². The third-order valence-corrected chi connectivity index (χ3v) is 2.86. The summed E-state index contributed by atoms with van der Waals surface area (Å²) in [5, 5.41) is 3.33. The van der Waals surface area contributed by atoms with Crippen molar-refractivity contribution in [3.63, 3.8) is 0 Å². The van der Waals surface area contributed by atoms with Crippen LogP contribution in [-0.2, 0) is 16.6 Å². The molecule has 0 radical (unpaired) electrons. The standard InChI is InChI=1S/C12H21N3O/c1-12(2,3)10-8-14-11(15-10)6-9-7-13-4-5-16-9/h8-9,13H,4-7H2,1-3H3,(H,14,15). The van der Waals surface area contributed by atoms with Gasteiger partial charge in [0.25, 0.3) is 0 Å². The molecule has 90 valence electrons. The molecule has 2 N–H and O–H groups in total. The van der Waals surface area contributed by atoms with Crippen LogP contribution in [0.3, 0.4) is 0 Å². The van der Waals surface area contributed by atoms with Crippen LogP contribution in [0.5, 0.6) is 0 Å². The first-order valence-corrected chi connectivity index (χ1v) is 5.92. The molecule has 1 aliphatic heterocycles. The molecule has 1 aliphatic rings. The summed E-state index contributed by atoms with van der Waals surface area (Å²) >= 11 is 0. The van der Waals surface area contributed by atoms with Crippen LogP contribution < -0.4 is 5.32 Å². The third-order valence-electron chi connectivity index (χ3n) is 2.86. The lowest BCUT2D eigenvalue weighted by Crippen LogP contribution is -2.39. The van der Waals surface area contributed by atoms with Gasteiger partial charge in [-0.25, -0.2) is 4.98 Å². The topological polar surface area (TPSA) is 49.9 Å². The minimum atomic E-state index is 0.136. The second-order valence-corrected chi connectivity index (χ2v) is 5.39. The van der Waals surface area contributed by atoms with Gasteiger partial charge in [0, 0.05) is 36.8 Å². The number of nitrogens with one attached hydrogen (secondary N) is 2. The fourth-order valence-corrected chi connectivity index (χ4v) is 1.81. The highest BCUT2D eigenvalue weighted by Crippen LogP contribution is 2.20. The third kappa shape index (κ3) is 2.83. The number of rotatable bonds is 2. The van der Waals surface area contributed by atoms with E-state index in [1.165, 1.54) is 5.69 Å². The van der Waals surface area contributed by atoms with E-state index in [2.05, 4.69) is 36.1 Å². The van der Waals surface area contributed by atoms with E-state index in [-0.39, 0.29) is 11.5 Å². The summed E-state index contributed by atoms with van der Waals surface area (Å²) in [5.41, 5.74) is 1.32. The molecule has 1 saturated heterocycles. The molecule has 0 aliphatic carbocycles. The van der Waals surface area contributed by atoms with Crippen molar-refractivity contribution in [2.24, 2.45) is 0 Å². The van der Waals surface area contributed by atoms with E-state index < -0.39 is 0 Å². The van der Waals surface area contributed by atoms with Crippen molar-refractivity contribution in [2.45, 2.75) is 38.7 Å². The molecule has 4 nitrogen and oxygen atoms in total. The first-order valence-electron chi connectivity index (χ1n) is 5.92. The molecule has 0 spiro atoms. The summed E-state index contributed by atoms with van der Waals surface area (Å²) in [6.45, 7) is 9.24. The molecule has 0 amide bonds. The Morgan fingerprint density at radius 3 is 2.88 bits per heavy atom. The second-order valence-electron chi connectivity index (χ2n) is 5.39. The van der Waals surface area contributed by atoms with Gasteiger partial charge in [0.1, 0.15) is 5.82 Å². The Kier molecular flexibility index (Phi) is 3.30. The zero-order valence-corrected chi connectivity index (χ0v) is 10.3. The van der Waals surface area contributed by atoms with Crippen LogP contribution in [0.4, 0.5) is 0 Å². The molecule has 0 bridgehead atoms. The lowest BCUT2D eigenvalue weighted by Gasteiger charge is -2.22. The number of nitrogens with zero attached hydrogens (tertiary/aromatic N) is 1. The maximum atomic E-state index is 5.65. The maximum absolute atomic E-state index is 5.65. The zero-order valence-electron chi connectivity index (χ0n) is 10.3. The van der Waals surface area contributed by atoms with Gasteiger partial charge in [0.2, 0.25) is 0 Å². The van der Waals surface area contributed by atoms with Gasteiger partial charge in [-0.2, -0.15) is 0 Å². The molecule has 1 atom stereocenters. The van der Waals surface area contributed by atoms with Crippen molar-refractivity contribution in [1.29, 1.82) is 0 Å². The van der Waals surface area contributed by atoms with Crippen LogP contribution in [0.1, 0.15) is 32.3 Å². The Morgan fingerprint density at radius 2 is 2.31 bits per heavy atom. The number of ether oxygens (including phenoxy) is 1. The predicted octanol–water partition coefficient (Wildman–Crippen LogP) is 1.24. The highest BCUT2D eigenvalue weighted by molar-refractivity contribution is 5.11. The summed E-state index contributed by atoms with van der Waals surface area (Å²) in [6, 6.07) is 0. The van der Waals surface area contributed by atoms with Crippen LogP contribution >= 0.6 is 0 Å². The molecule has 2 rings (SSSR count). The molecule has 0 saturated carbocycles. The number of hydrogen-bond acceptors (Lipinski definition) is 3. The molecule has 1 aromatic heterocycles. The second kappa shape index (κ2) is 4.55. The van der Waals surface area contributed by atoms with Gasteiger partial charge in [-0.3, -0.25) is 0 Å². The minimum absolute atomic E-state index is 0.136. The van der Waals surface area contributed by atoms with Gasteiger partial charge >= 0.3 is 0 Å². The number of hydrogen-bond donors (Lipinski definition) is 2. The van der Waals surface area contributed by atoms with Gasteiger partial charge in [-0.15, -0.1) is 0 Å². The molecule has 1 unspecified atom stereocenters. The fourth-order valence-electron chi connectivity index (χ4n) is 1.81. The number of H-pyrrole nitrogens is 1. The Labute approximate surface area is 96.8 Å². The Hall–Kier alpha value is -0.870. The van der Waals surface area contributed by atoms with Crippen LogP contribution in [-0.4, -0.2) is 35.8 Å². The van der Waals surface area contributed by atoms with Gasteiger partial charge in [0.05, 0.1) is 12.7 Å². The van der Waals surface area contributed by atoms with E-state index in [9.17, 15) is 0 Å². The van der Waals surface area contributed by atoms with E-state index in [0.29, 0.717) is 0 Å². The maximum Gasteiger partial charge on any atom is 0.108 e. The molecular weight excluding hydrogens is 202 g/mol. The number of aromatic nitrogens is 2. The van der Waals surface area contributed by atoms with Crippen molar-refractivity contribution >= 4 is 0 Å². The monoisotopic (exact) mass is 223 g/mol. The van der Waals surface area contributed by atoms with E-state index in [1.54, 1.807) is 0 Å². The number of imidazole rings is 1. The highest BCUT2D eigenvalue weighted by Gasteiger charge is 2.19. The lowest BCUT2D eigenvalue weighted by atomic mass is 9.93. The van der Waals surface area contributed by atoms with E-state index >= 15 is 0 Å². The Balaban J connectivity index is 1.97. The zero-order chi connectivity index (χ0) is 11.6. The largest absolute Gasteiger partial charge is 0.375 e. The molecule has 4 heteroatoms. The quantitative estimate of drug-likeness (QED) is 0.793. The van der Waals surface area contributed by atoms with Crippen molar-refractivity contribution < 1.29 is 4.74 Å². The molecule has 1 fully saturated rings. The van der Waals surface area contributed by atoms with Gasteiger partial charge in [0.15, 0.2) is 0 Å². The SMILES string of the molecule is CC(C)(C)c1cnc(CC2CNCCO2)[nH]1. The molecular formula is C12H21N3O. The average Bonchev–Trinajstić information content (AvgIpc) is 2.67. The summed E-state index contributed by atoms with van der Waals surface area (Å²) in [6.07, 6.45) is 3.06. The first kappa shape index (κ1) is 11.6. The van der Waals surface area contributed by atoms with E-state index in [1.807, 2.05) is 6.20 Å². The van der Waals surface area contributed by atoms with E-state index in [0.717, 1.165) is 31.9 Å². The van der Waals surface area contributed by atoms with Crippen LogP contribution in [0.15, 0.2) is 6.20 Å². The molecule has 2 heterocycles. The fraction of sp³-hybridized carbons (Fsp3) is 0.750. The lowest BCUT2D eigenvalue weighted by molar-refractivity contribution is 0.0281. The highest BCUT2D eigenvalue weighted by atomic mass is 16.5. The number of morpholine rings is 1. The normalized spacial score (nSPS) is 22.3. The van der Waals surface area contributed by atoms with Gasteiger partial charge < -0.3 is 15.0 Å². The average molecular weight is 223 g/mol. The molecule has 16 heavy (non-hydrogen) atoms. The number of aromatic amines is 1. The van der Waals surface area contributed by atoms with Crippen molar-refractivity contribution in [3.8, 4) is 0 Å².